The van der Waals surface area contributed by atoms with Crippen molar-refractivity contribution in [3.05, 3.63) is 0 Å². The Balaban J connectivity index is 3.14. The van der Waals surface area contributed by atoms with Gasteiger partial charge in [0.2, 0.25) is 0 Å². The minimum Gasteiger partial charge on any atom is -0.381 e. The van der Waals surface area contributed by atoms with Crippen LogP contribution in [0.3, 0.4) is 0 Å². The van der Waals surface area contributed by atoms with Crippen LogP contribution in [0.2, 0.25) is 0 Å². The molecule has 1 rings (SSSR count). The summed E-state index contributed by atoms with van der Waals surface area (Å²) in [6.45, 7) is 0.888. The van der Waals surface area contributed by atoms with Crippen LogP contribution in [0.1, 0.15) is 26.2 Å². The number of ether oxygens (including phenoxy) is 2. The number of rotatable bonds is 13. The van der Waals surface area contributed by atoms with E-state index in [1.54, 1.807) is 6.92 Å². The van der Waals surface area contributed by atoms with Crippen molar-refractivity contribution >= 4 is 0 Å². The van der Waals surface area contributed by atoms with Crippen molar-refractivity contribution in [2.45, 2.75) is 73.8 Å². The van der Waals surface area contributed by atoms with E-state index in [0.29, 0.717) is 6.42 Å². The molecule has 0 bridgehead atoms. The Hall–Kier alpha value is -1.27. The smallest absolute Gasteiger partial charge is 0.381 e. The Morgan fingerprint density at radius 2 is 1.00 bits per heavy atom. The Morgan fingerprint density at radius 1 is 0.611 bits per heavy atom. The predicted octanol–water partition coefficient (Wildman–Crippen LogP) is 7.22. The van der Waals surface area contributed by atoms with Crippen molar-refractivity contribution in [1.29, 1.82) is 0 Å². The average Bonchev–Trinajstić information content (AvgIpc) is 2.67. The highest BCUT2D eigenvalue weighted by Crippen LogP contribution is 2.64. The van der Waals surface area contributed by atoms with Gasteiger partial charge >= 0.3 is 47.6 Å². The van der Waals surface area contributed by atoms with Crippen molar-refractivity contribution in [3.8, 4) is 0 Å². The van der Waals surface area contributed by atoms with Gasteiger partial charge in [-0.05, 0) is 12.8 Å². The average molecular weight is 576 g/mol. The van der Waals surface area contributed by atoms with Crippen LogP contribution in [0, 0.1) is 5.41 Å². The molecule has 0 saturated carbocycles. The van der Waals surface area contributed by atoms with E-state index in [4.69, 9.17) is 9.47 Å². The molecule has 1 saturated heterocycles. The molecule has 0 aromatic heterocycles. The van der Waals surface area contributed by atoms with Crippen molar-refractivity contribution in [2.24, 2.45) is 5.41 Å². The van der Waals surface area contributed by atoms with Crippen molar-refractivity contribution in [1.82, 2.24) is 0 Å². The predicted molar refractivity (Wildman–Crippen MR) is 84.3 cm³/mol. The maximum absolute atomic E-state index is 13.7. The fourth-order valence-electron chi connectivity index (χ4n) is 2.82. The molecule has 0 aromatic rings. The highest BCUT2D eigenvalue weighted by Gasteiger charge is 2.95. The van der Waals surface area contributed by atoms with Gasteiger partial charge < -0.3 is 9.47 Å². The van der Waals surface area contributed by atoms with Gasteiger partial charge in [-0.15, -0.1) is 0 Å². The highest BCUT2D eigenvalue weighted by molar-refractivity contribution is 5.15. The Kier molecular flexibility index (Phi) is 8.63. The van der Waals surface area contributed by atoms with Gasteiger partial charge in [-0.1, -0.05) is 6.92 Å². The van der Waals surface area contributed by atoms with Gasteiger partial charge in [0.15, 0.2) is 0 Å². The van der Waals surface area contributed by atoms with E-state index < -0.39 is 72.5 Å². The summed E-state index contributed by atoms with van der Waals surface area (Å²) in [6, 6.07) is 0. The van der Waals surface area contributed by atoms with Gasteiger partial charge in [-0.2, -0.15) is 74.6 Å². The molecular formula is C17H17F17O2. The molecule has 0 amide bonds. The Morgan fingerprint density at radius 3 is 1.33 bits per heavy atom. The van der Waals surface area contributed by atoms with Gasteiger partial charge in [0.25, 0.3) is 0 Å². The molecule has 1 aliphatic heterocycles. The van der Waals surface area contributed by atoms with Crippen LogP contribution in [0.25, 0.3) is 0 Å². The first-order valence-electron chi connectivity index (χ1n) is 9.59. The standard InChI is InChI=1S/C17H17F17O2/c1-2-9(7-36-8-9)6-35-5-3-4-10(18,19)11(20,21)12(22,23)13(24,25)14(26,27)15(28,29)16(30,31)17(32,33)34/h2-8H2,1H3. The lowest BCUT2D eigenvalue weighted by Crippen LogP contribution is -2.74. The minimum absolute atomic E-state index is 0.158. The summed E-state index contributed by atoms with van der Waals surface area (Å²) in [5, 5.41) is 0. The van der Waals surface area contributed by atoms with Gasteiger partial charge in [-0.3, -0.25) is 0 Å². The molecule has 19 heteroatoms. The number of alkyl halides is 17. The molecule has 1 aliphatic rings. The van der Waals surface area contributed by atoms with Crippen molar-refractivity contribution in [2.75, 3.05) is 26.4 Å². The van der Waals surface area contributed by atoms with Crippen LogP contribution in [0.4, 0.5) is 74.6 Å². The zero-order valence-electron chi connectivity index (χ0n) is 17.7. The van der Waals surface area contributed by atoms with E-state index in [2.05, 4.69) is 0 Å². The summed E-state index contributed by atoms with van der Waals surface area (Å²) in [4.78, 5) is 0. The zero-order chi connectivity index (χ0) is 28.9. The van der Waals surface area contributed by atoms with Gasteiger partial charge in [0, 0.05) is 18.4 Å². The molecular weight excluding hydrogens is 559 g/mol. The SMILES string of the molecule is CCC1(COCCCC(F)(F)C(F)(F)C(F)(F)C(F)(F)C(F)(F)C(F)(F)C(F)(F)C(F)(F)F)COC1. The quantitative estimate of drug-likeness (QED) is 0.170. The first-order valence-corrected chi connectivity index (χ1v) is 9.59. The second kappa shape index (κ2) is 9.48. The molecule has 1 heterocycles. The van der Waals surface area contributed by atoms with Crippen LogP contribution >= 0.6 is 0 Å². The number of hydrogen-bond donors (Lipinski definition) is 0. The maximum Gasteiger partial charge on any atom is 0.460 e. The number of hydrogen-bond acceptors (Lipinski definition) is 2. The molecule has 36 heavy (non-hydrogen) atoms. The molecule has 1 fully saturated rings. The van der Waals surface area contributed by atoms with Crippen LogP contribution in [-0.2, 0) is 9.47 Å². The lowest BCUT2D eigenvalue weighted by atomic mass is 9.84. The first-order chi connectivity index (χ1) is 15.7. The normalized spacial score (nSPS) is 18.8. The molecule has 0 aliphatic carbocycles. The fourth-order valence-corrected chi connectivity index (χ4v) is 2.82. The molecule has 0 N–H and O–H groups in total. The van der Waals surface area contributed by atoms with Crippen LogP contribution in [-0.4, -0.2) is 74.1 Å². The number of halogens is 17. The molecule has 2 nitrogen and oxygen atoms in total. The van der Waals surface area contributed by atoms with E-state index in [-0.39, 0.29) is 19.8 Å². The van der Waals surface area contributed by atoms with Crippen molar-refractivity contribution in [3.63, 3.8) is 0 Å². The van der Waals surface area contributed by atoms with E-state index in [9.17, 15) is 74.6 Å². The molecule has 0 aromatic carbocycles. The third-order valence-corrected chi connectivity index (χ3v) is 5.54. The van der Waals surface area contributed by atoms with Crippen LogP contribution in [0.5, 0.6) is 0 Å². The van der Waals surface area contributed by atoms with E-state index in [1.165, 1.54) is 0 Å². The molecule has 216 valence electrons. The summed E-state index contributed by atoms with van der Waals surface area (Å²) < 4.78 is 234. The second-order valence-corrected chi connectivity index (χ2v) is 8.15. The van der Waals surface area contributed by atoms with Crippen LogP contribution < -0.4 is 0 Å². The lowest BCUT2D eigenvalue weighted by Gasteiger charge is -2.42. The lowest BCUT2D eigenvalue weighted by molar-refractivity contribution is -0.461. The third kappa shape index (κ3) is 4.81. The molecule has 0 spiro atoms. The van der Waals surface area contributed by atoms with E-state index >= 15 is 0 Å². The van der Waals surface area contributed by atoms with Gasteiger partial charge in [-0.25, -0.2) is 0 Å². The van der Waals surface area contributed by atoms with E-state index in [0.717, 1.165) is 0 Å². The van der Waals surface area contributed by atoms with Crippen LogP contribution in [0.15, 0.2) is 0 Å². The third-order valence-electron chi connectivity index (χ3n) is 5.54. The Labute approximate surface area is 191 Å². The van der Waals surface area contributed by atoms with E-state index in [1.807, 2.05) is 0 Å². The molecule has 0 unspecified atom stereocenters. The summed E-state index contributed by atoms with van der Waals surface area (Å²) in [5.41, 5.74) is -0.573. The monoisotopic (exact) mass is 576 g/mol. The maximum atomic E-state index is 13.7. The zero-order valence-corrected chi connectivity index (χ0v) is 17.7. The second-order valence-electron chi connectivity index (χ2n) is 8.15. The topological polar surface area (TPSA) is 18.5 Å². The minimum atomic E-state index is -8.61. The summed E-state index contributed by atoms with van der Waals surface area (Å²) in [7, 11) is 0. The largest absolute Gasteiger partial charge is 0.460 e. The molecule has 0 radical (unpaired) electrons. The molecule has 0 atom stereocenters. The Bertz CT molecular complexity index is 749. The first kappa shape index (κ1) is 32.8. The highest BCUT2D eigenvalue weighted by atomic mass is 19.4. The summed E-state index contributed by atoms with van der Waals surface area (Å²) >= 11 is 0. The van der Waals surface area contributed by atoms with Gasteiger partial charge in [0.1, 0.15) is 0 Å². The van der Waals surface area contributed by atoms with Gasteiger partial charge in [0.05, 0.1) is 19.8 Å². The summed E-state index contributed by atoms with van der Waals surface area (Å²) in [5.74, 6) is -56.1. The summed E-state index contributed by atoms with van der Waals surface area (Å²) in [6.07, 6.45) is -11.1. The van der Waals surface area contributed by atoms with Crippen molar-refractivity contribution < 1.29 is 84.1 Å². The fraction of sp³-hybridized carbons (Fsp3) is 1.00.